The number of rotatable bonds is 7. The van der Waals surface area contributed by atoms with Gasteiger partial charge in [0.2, 0.25) is 5.91 Å². The summed E-state index contributed by atoms with van der Waals surface area (Å²) in [5, 5.41) is 6.29. The van der Waals surface area contributed by atoms with Gasteiger partial charge < -0.3 is 9.88 Å². The summed E-state index contributed by atoms with van der Waals surface area (Å²) in [4.78, 5) is 21.0. The minimum absolute atomic E-state index is 0.168. The second kappa shape index (κ2) is 6.20. The van der Waals surface area contributed by atoms with Crippen molar-refractivity contribution in [2.75, 3.05) is 6.54 Å². The molecule has 1 fully saturated rings. The summed E-state index contributed by atoms with van der Waals surface area (Å²) in [7, 11) is 0. The van der Waals surface area contributed by atoms with Crippen molar-refractivity contribution in [3.8, 4) is 0 Å². The molecule has 0 aromatic carbocycles. The highest BCUT2D eigenvalue weighted by Crippen LogP contribution is 2.47. The third kappa shape index (κ3) is 3.38. The Morgan fingerprint density at radius 2 is 2.32 bits per heavy atom. The summed E-state index contributed by atoms with van der Waals surface area (Å²) in [6, 6.07) is 0. The first kappa shape index (κ1) is 15.2. The molecule has 2 aromatic rings. The Morgan fingerprint density at radius 1 is 1.50 bits per heavy atom. The third-order valence-corrected chi connectivity index (χ3v) is 5.09. The summed E-state index contributed by atoms with van der Waals surface area (Å²) in [5.74, 6) is 0.631. The van der Waals surface area contributed by atoms with Crippen LogP contribution in [-0.2, 0) is 17.8 Å². The Hall–Kier alpha value is -1.69. The maximum Gasteiger partial charge on any atom is 0.228 e. The summed E-state index contributed by atoms with van der Waals surface area (Å²) in [6.07, 6.45) is 8.18. The molecule has 0 unspecified atom stereocenters. The van der Waals surface area contributed by atoms with Crippen LogP contribution in [0.15, 0.2) is 24.1 Å². The van der Waals surface area contributed by atoms with Crippen LogP contribution in [-0.4, -0.2) is 27.0 Å². The Labute approximate surface area is 134 Å². The van der Waals surface area contributed by atoms with Crippen LogP contribution in [0.5, 0.6) is 0 Å². The van der Waals surface area contributed by atoms with E-state index < -0.39 is 0 Å². The minimum atomic E-state index is -0.216. The molecule has 2 aromatic heterocycles. The van der Waals surface area contributed by atoms with E-state index in [2.05, 4.69) is 34.5 Å². The van der Waals surface area contributed by atoms with Crippen LogP contribution in [0.4, 0.5) is 0 Å². The summed E-state index contributed by atoms with van der Waals surface area (Å²) >= 11 is 1.68. The van der Waals surface area contributed by atoms with Crippen molar-refractivity contribution in [3.63, 3.8) is 0 Å². The van der Waals surface area contributed by atoms with Crippen LogP contribution in [0.3, 0.4) is 0 Å². The molecule has 0 atom stereocenters. The molecule has 1 saturated carbocycles. The first-order chi connectivity index (χ1) is 10.6. The van der Waals surface area contributed by atoms with Gasteiger partial charge in [-0.3, -0.25) is 4.79 Å². The zero-order chi connectivity index (χ0) is 15.6. The van der Waals surface area contributed by atoms with E-state index in [1.165, 1.54) is 0 Å². The van der Waals surface area contributed by atoms with Gasteiger partial charge >= 0.3 is 0 Å². The van der Waals surface area contributed by atoms with Gasteiger partial charge in [0, 0.05) is 37.3 Å². The van der Waals surface area contributed by atoms with E-state index in [9.17, 15) is 4.79 Å². The fourth-order valence-electron chi connectivity index (χ4n) is 2.51. The van der Waals surface area contributed by atoms with Crippen LogP contribution in [0, 0.1) is 5.41 Å². The number of hydrogen-bond acceptors (Lipinski definition) is 4. The quantitative estimate of drug-likeness (QED) is 0.853. The third-order valence-electron chi connectivity index (χ3n) is 4.17. The van der Waals surface area contributed by atoms with Crippen molar-refractivity contribution < 1.29 is 4.79 Å². The Morgan fingerprint density at radius 3 is 2.91 bits per heavy atom. The van der Waals surface area contributed by atoms with Gasteiger partial charge in [0.25, 0.3) is 0 Å². The lowest BCUT2D eigenvalue weighted by molar-refractivity contribution is -0.126. The number of carbonyl (C=O) groups excluding carboxylic acids is 1. The van der Waals surface area contributed by atoms with E-state index in [4.69, 9.17) is 0 Å². The molecule has 1 amide bonds. The van der Waals surface area contributed by atoms with E-state index in [0.29, 0.717) is 12.5 Å². The molecule has 0 bridgehead atoms. The fourth-order valence-corrected chi connectivity index (χ4v) is 3.47. The fraction of sp³-hybridized carbons (Fsp3) is 0.562. The lowest BCUT2D eigenvalue weighted by atomic mass is 10.1. The lowest BCUT2D eigenvalue weighted by Crippen LogP contribution is -2.35. The summed E-state index contributed by atoms with van der Waals surface area (Å²) < 4.78 is 1.99. The van der Waals surface area contributed by atoms with Crippen LogP contribution in [0.25, 0.3) is 0 Å². The molecule has 0 spiro atoms. The molecule has 1 N–H and O–H groups in total. The van der Waals surface area contributed by atoms with Gasteiger partial charge in [-0.1, -0.05) is 13.8 Å². The van der Waals surface area contributed by atoms with Gasteiger partial charge in [-0.05, 0) is 18.8 Å². The molecular weight excluding hydrogens is 296 g/mol. The van der Waals surface area contributed by atoms with Crippen molar-refractivity contribution in [2.24, 2.45) is 5.41 Å². The predicted molar refractivity (Wildman–Crippen MR) is 86.8 cm³/mol. The lowest BCUT2D eigenvalue weighted by Gasteiger charge is -2.15. The highest BCUT2D eigenvalue weighted by Gasteiger charge is 2.49. The highest BCUT2D eigenvalue weighted by molar-refractivity contribution is 7.09. The first-order valence-electron chi connectivity index (χ1n) is 7.77. The van der Waals surface area contributed by atoms with Crippen LogP contribution in [0.1, 0.15) is 43.3 Å². The van der Waals surface area contributed by atoms with Gasteiger partial charge in [-0.15, -0.1) is 11.3 Å². The molecule has 2 heterocycles. The SMILES string of the molecule is CC(C)c1csc(CCNC(=O)C2(Cn3ccnc3)CC2)n1. The number of nitrogens with one attached hydrogen (secondary N) is 1. The zero-order valence-electron chi connectivity index (χ0n) is 13.1. The zero-order valence-corrected chi connectivity index (χ0v) is 13.9. The Kier molecular flexibility index (Phi) is 4.29. The molecule has 22 heavy (non-hydrogen) atoms. The molecule has 5 nitrogen and oxygen atoms in total. The maximum atomic E-state index is 12.4. The summed E-state index contributed by atoms with van der Waals surface area (Å²) in [5.41, 5.74) is 0.928. The van der Waals surface area contributed by atoms with Gasteiger partial charge in [0.15, 0.2) is 0 Å². The molecule has 0 saturated heterocycles. The molecule has 6 heteroatoms. The predicted octanol–water partition coefficient (Wildman–Crippen LogP) is 2.60. The number of imidazole rings is 1. The molecule has 118 valence electrons. The number of amides is 1. The van der Waals surface area contributed by atoms with E-state index >= 15 is 0 Å². The first-order valence-corrected chi connectivity index (χ1v) is 8.65. The van der Waals surface area contributed by atoms with Crippen molar-refractivity contribution >= 4 is 17.2 Å². The largest absolute Gasteiger partial charge is 0.355 e. The van der Waals surface area contributed by atoms with Crippen molar-refractivity contribution in [1.82, 2.24) is 19.9 Å². The van der Waals surface area contributed by atoms with Crippen molar-refractivity contribution in [2.45, 2.75) is 45.6 Å². The highest BCUT2D eigenvalue weighted by atomic mass is 32.1. The number of thiazole rings is 1. The number of nitrogens with zero attached hydrogens (tertiary/aromatic N) is 3. The van der Waals surface area contributed by atoms with Gasteiger partial charge in [0.1, 0.15) is 0 Å². The number of aromatic nitrogens is 3. The van der Waals surface area contributed by atoms with Crippen LogP contribution >= 0.6 is 11.3 Å². The second-order valence-electron chi connectivity index (χ2n) is 6.34. The van der Waals surface area contributed by atoms with E-state index in [1.54, 1.807) is 23.9 Å². The Balaban J connectivity index is 1.48. The van der Waals surface area contributed by atoms with E-state index in [0.717, 1.165) is 36.5 Å². The minimum Gasteiger partial charge on any atom is -0.355 e. The maximum absolute atomic E-state index is 12.4. The average molecular weight is 318 g/mol. The van der Waals surface area contributed by atoms with Crippen LogP contribution in [0.2, 0.25) is 0 Å². The van der Waals surface area contributed by atoms with E-state index in [1.807, 2.05) is 10.8 Å². The van der Waals surface area contributed by atoms with Crippen LogP contribution < -0.4 is 5.32 Å². The average Bonchev–Trinajstić information content (AvgIpc) is 2.91. The van der Waals surface area contributed by atoms with Gasteiger partial charge in [-0.25, -0.2) is 9.97 Å². The standard InChI is InChI=1S/C16H22N4OS/c1-12(2)13-9-22-14(19-13)3-6-18-15(21)16(4-5-16)10-20-8-7-17-11-20/h7-9,11-12H,3-6,10H2,1-2H3,(H,18,21). The number of carbonyl (C=O) groups is 1. The second-order valence-corrected chi connectivity index (χ2v) is 7.28. The molecule has 1 aliphatic carbocycles. The van der Waals surface area contributed by atoms with Gasteiger partial charge in [0.05, 0.1) is 22.4 Å². The monoisotopic (exact) mass is 318 g/mol. The smallest absolute Gasteiger partial charge is 0.228 e. The normalized spacial score (nSPS) is 16.0. The van der Waals surface area contributed by atoms with Gasteiger partial charge in [-0.2, -0.15) is 0 Å². The molecule has 3 rings (SSSR count). The molecular formula is C16H22N4OS. The molecule has 0 radical (unpaired) electrons. The number of hydrogen-bond donors (Lipinski definition) is 1. The Bertz CT molecular complexity index is 628. The van der Waals surface area contributed by atoms with Crippen molar-refractivity contribution in [1.29, 1.82) is 0 Å². The molecule has 1 aliphatic rings. The summed E-state index contributed by atoms with van der Waals surface area (Å²) in [6.45, 7) is 5.68. The van der Waals surface area contributed by atoms with Crippen molar-refractivity contribution in [3.05, 3.63) is 34.8 Å². The topological polar surface area (TPSA) is 59.8 Å². The van der Waals surface area contributed by atoms with E-state index in [-0.39, 0.29) is 11.3 Å². The molecule has 0 aliphatic heterocycles.